The lowest BCUT2D eigenvalue weighted by Gasteiger charge is -2.18. The van der Waals surface area contributed by atoms with Crippen LogP contribution in [0.4, 0.5) is 10.5 Å². The minimum atomic E-state index is -0.335. The first-order chi connectivity index (χ1) is 11.2. The van der Waals surface area contributed by atoms with Crippen molar-refractivity contribution >= 4 is 17.6 Å². The van der Waals surface area contributed by atoms with Crippen molar-refractivity contribution < 1.29 is 9.59 Å². The molecule has 1 fully saturated rings. The van der Waals surface area contributed by atoms with Gasteiger partial charge in [-0.05, 0) is 29.8 Å². The van der Waals surface area contributed by atoms with Crippen LogP contribution in [-0.4, -0.2) is 34.9 Å². The van der Waals surface area contributed by atoms with Gasteiger partial charge in [-0.15, -0.1) is 0 Å². The number of rotatable bonds is 4. The second-order valence-corrected chi connectivity index (χ2v) is 5.23. The summed E-state index contributed by atoms with van der Waals surface area (Å²) in [5, 5.41) is 0. The second-order valence-electron chi connectivity index (χ2n) is 5.23. The minimum absolute atomic E-state index is 0.0278. The van der Waals surface area contributed by atoms with Gasteiger partial charge in [-0.2, -0.15) is 0 Å². The number of urea groups is 1. The second kappa shape index (κ2) is 6.45. The third kappa shape index (κ3) is 3.14. The predicted molar refractivity (Wildman–Crippen MR) is 85.5 cm³/mol. The SMILES string of the molecule is NNC(=O)c1ccc(CN2CCN(c3ccncc3)C2=O)cc1. The molecule has 118 valence electrons. The highest BCUT2D eigenvalue weighted by atomic mass is 16.2. The maximum absolute atomic E-state index is 12.5. The van der Waals surface area contributed by atoms with E-state index < -0.39 is 0 Å². The van der Waals surface area contributed by atoms with Gasteiger partial charge < -0.3 is 4.90 Å². The number of carbonyl (C=O) groups is 2. The number of carbonyl (C=O) groups excluding carboxylic acids is 2. The highest BCUT2D eigenvalue weighted by molar-refractivity contribution is 5.94. The number of nitrogens with zero attached hydrogens (tertiary/aromatic N) is 3. The molecule has 0 spiro atoms. The molecule has 2 heterocycles. The molecule has 0 saturated carbocycles. The molecule has 1 saturated heterocycles. The first kappa shape index (κ1) is 15.0. The molecule has 2 aromatic rings. The highest BCUT2D eigenvalue weighted by Crippen LogP contribution is 2.20. The number of hydrazine groups is 1. The Hall–Kier alpha value is -2.93. The Morgan fingerprint density at radius 3 is 2.48 bits per heavy atom. The molecule has 23 heavy (non-hydrogen) atoms. The van der Waals surface area contributed by atoms with E-state index in [1.165, 1.54) is 0 Å². The van der Waals surface area contributed by atoms with Crippen LogP contribution in [-0.2, 0) is 6.54 Å². The molecule has 3 N–H and O–H groups in total. The maximum atomic E-state index is 12.5. The number of pyridine rings is 1. The smallest absolute Gasteiger partial charge is 0.318 e. The van der Waals surface area contributed by atoms with Crippen LogP contribution in [0.3, 0.4) is 0 Å². The van der Waals surface area contributed by atoms with Gasteiger partial charge >= 0.3 is 6.03 Å². The van der Waals surface area contributed by atoms with Crippen molar-refractivity contribution in [3.8, 4) is 0 Å². The van der Waals surface area contributed by atoms with E-state index in [0.29, 0.717) is 25.2 Å². The zero-order valence-corrected chi connectivity index (χ0v) is 12.5. The standard InChI is InChI=1S/C16H17N5O2/c17-19-15(22)13-3-1-12(2-4-13)11-20-9-10-21(16(20)23)14-5-7-18-8-6-14/h1-8H,9-11,17H2,(H,19,22). The quantitative estimate of drug-likeness (QED) is 0.503. The molecule has 1 aromatic heterocycles. The normalized spacial score (nSPS) is 14.2. The molecule has 1 aliphatic rings. The van der Waals surface area contributed by atoms with Gasteiger partial charge in [0.15, 0.2) is 0 Å². The Bertz CT molecular complexity index is 702. The van der Waals surface area contributed by atoms with Crippen molar-refractivity contribution in [1.29, 1.82) is 0 Å². The lowest BCUT2D eigenvalue weighted by atomic mass is 10.1. The third-order valence-corrected chi connectivity index (χ3v) is 3.79. The summed E-state index contributed by atoms with van der Waals surface area (Å²) >= 11 is 0. The van der Waals surface area contributed by atoms with Crippen LogP contribution in [0.2, 0.25) is 0 Å². The summed E-state index contributed by atoms with van der Waals surface area (Å²) in [6, 6.07) is 10.7. The van der Waals surface area contributed by atoms with E-state index in [4.69, 9.17) is 5.84 Å². The van der Waals surface area contributed by atoms with Crippen molar-refractivity contribution in [3.63, 3.8) is 0 Å². The molecular formula is C16H17N5O2. The summed E-state index contributed by atoms with van der Waals surface area (Å²) in [4.78, 5) is 31.4. The number of hydrogen-bond acceptors (Lipinski definition) is 4. The van der Waals surface area contributed by atoms with Gasteiger partial charge in [0.2, 0.25) is 0 Å². The monoisotopic (exact) mass is 311 g/mol. The molecule has 3 rings (SSSR count). The zero-order chi connectivity index (χ0) is 16.2. The molecule has 3 amide bonds. The molecule has 0 radical (unpaired) electrons. The summed E-state index contributed by atoms with van der Waals surface area (Å²) in [6.45, 7) is 1.81. The number of anilines is 1. The van der Waals surface area contributed by atoms with Crippen LogP contribution in [0.1, 0.15) is 15.9 Å². The van der Waals surface area contributed by atoms with E-state index in [0.717, 1.165) is 11.3 Å². The van der Waals surface area contributed by atoms with E-state index in [-0.39, 0.29) is 11.9 Å². The first-order valence-electron chi connectivity index (χ1n) is 7.25. The topological polar surface area (TPSA) is 91.6 Å². The van der Waals surface area contributed by atoms with Crippen molar-refractivity contribution in [1.82, 2.24) is 15.3 Å². The minimum Gasteiger partial charge on any atom is -0.318 e. The van der Waals surface area contributed by atoms with Crippen molar-refractivity contribution in [3.05, 3.63) is 59.9 Å². The predicted octanol–water partition coefficient (Wildman–Crippen LogP) is 1.13. The molecule has 7 heteroatoms. The van der Waals surface area contributed by atoms with Crippen LogP contribution < -0.4 is 16.2 Å². The Balaban J connectivity index is 1.67. The lowest BCUT2D eigenvalue weighted by molar-refractivity contribution is 0.0953. The highest BCUT2D eigenvalue weighted by Gasteiger charge is 2.29. The van der Waals surface area contributed by atoms with E-state index in [9.17, 15) is 9.59 Å². The lowest BCUT2D eigenvalue weighted by Crippen LogP contribution is -2.31. The van der Waals surface area contributed by atoms with Gasteiger partial charge in [0.25, 0.3) is 5.91 Å². The summed E-state index contributed by atoms with van der Waals surface area (Å²) in [5.74, 6) is 4.77. The molecule has 0 aliphatic carbocycles. The number of nitrogens with one attached hydrogen (secondary N) is 1. The first-order valence-corrected chi connectivity index (χ1v) is 7.25. The van der Waals surface area contributed by atoms with Crippen LogP contribution in [0.5, 0.6) is 0 Å². The molecule has 1 aromatic carbocycles. The Labute approximate surface area is 133 Å². The van der Waals surface area contributed by atoms with Crippen LogP contribution >= 0.6 is 0 Å². The van der Waals surface area contributed by atoms with Gasteiger partial charge in [-0.25, -0.2) is 10.6 Å². The average molecular weight is 311 g/mol. The number of amides is 3. The number of nitrogens with two attached hydrogens (primary N) is 1. The Morgan fingerprint density at radius 2 is 1.83 bits per heavy atom. The van der Waals surface area contributed by atoms with Crippen LogP contribution in [0.15, 0.2) is 48.8 Å². The molecule has 0 unspecified atom stereocenters. The number of benzene rings is 1. The van der Waals surface area contributed by atoms with E-state index in [2.05, 4.69) is 10.4 Å². The third-order valence-electron chi connectivity index (χ3n) is 3.79. The summed E-state index contributed by atoms with van der Waals surface area (Å²) in [6.07, 6.45) is 3.35. The van der Waals surface area contributed by atoms with Gasteiger partial charge in [-0.3, -0.25) is 20.1 Å². The zero-order valence-electron chi connectivity index (χ0n) is 12.5. The van der Waals surface area contributed by atoms with E-state index in [1.54, 1.807) is 34.3 Å². The van der Waals surface area contributed by atoms with Gasteiger partial charge in [-0.1, -0.05) is 12.1 Å². The molecule has 0 atom stereocenters. The average Bonchev–Trinajstić information content (AvgIpc) is 2.96. The molecule has 0 bridgehead atoms. The fourth-order valence-corrected chi connectivity index (χ4v) is 2.56. The van der Waals surface area contributed by atoms with E-state index in [1.807, 2.05) is 24.3 Å². The van der Waals surface area contributed by atoms with E-state index >= 15 is 0 Å². The van der Waals surface area contributed by atoms with Crippen molar-refractivity contribution in [2.75, 3.05) is 18.0 Å². The number of aromatic nitrogens is 1. The largest absolute Gasteiger partial charge is 0.324 e. The fourth-order valence-electron chi connectivity index (χ4n) is 2.56. The van der Waals surface area contributed by atoms with Gasteiger partial charge in [0.05, 0.1) is 0 Å². The maximum Gasteiger partial charge on any atom is 0.324 e. The Morgan fingerprint density at radius 1 is 1.13 bits per heavy atom. The molecular weight excluding hydrogens is 294 g/mol. The number of nitrogen functional groups attached to an aromatic ring is 1. The summed E-state index contributed by atoms with van der Waals surface area (Å²) in [5.41, 5.74) is 4.39. The fraction of sp³-hybridized carbons (Fsp3) is 0.188. The van der Waals surface area contributed by atoms with Crippen LogP contribution in [0.25, 0.3) is 0 Å². The summed E-state index contributed by atoms with van der Waals surface area (Å²) < 4.78 is 0. The van der Waals surface area contributed by atoms with Crippen molar-refractivity contribution in [2.24, 2.45) is 5.84 Å². The molecule has 7 nitrogen and oxygen atoms in total. The van der Waals surface area contributed by atoms with Crippen LogP contribution in [0, 0.1) is 0 Å². The Kier molecular flexibility index (Phi) is 4.20. The van der Waals surface area contributed by atoms with Gasteiger partial charge in [0, 0.05) is 43.3 Å². The number of hydrogen-bond donors (Lipinski definition) is 2. The van der Waals surface area contributed by atoms with Crippen molar-refractivity contribution in [2.45, 2.75) is 6.54 Å². The summed E-state index contributed by atoms with van der Waals surface area (Å²) in [7, 11) is 0. The van der Waals surface area contributed by atoms with Gasteiger partial charge in [0.1, 0.15) is 0 Å². The molecule has 1 aliphatic heterocycles.